The van der Waals surface area contributed by atoms with Crippen LogP contribution in [0.3, 0.4) is 0 Å². The van der Waals surface area contributed by atoms with Gasteiger partial charge in [0.05, 0.1) is 5.02 Å². The van der Waals surface area contributed by atoms with Gasteiger partial charge < -0.3 is 4.74 Å². The molecule has 2 rings (SSSR count). The Morgan fingerprint density at radius 1 is 1.00 bits per heavy atom. The first-order valence-corrected chi connectivity index (χ1v) is 5.61. The van der Waals surface area contributed by atoms with Crippen molar-refractivity contribution in [1.29, 1.82) is 0 Å². The van der Waals surface area contributed by atoms with Gasteiger partial charge in [-0.15, -0.1) is 0 Å². The molecule has 0 amide bonds. The van der Waals surface area contributed by atoms with E-state index >= 15 is 0 Å². The lowest BCUT2D eigenvalue weighted by Crippen LogP contribution is -2.11. The van der Waals surface area contributed by atoms with Crippen molar-refractivity contribution in [2.75, 3.05) is 6.61 Å². The molecular weight excluding hydrogens is 236 g/mol. The number of benzene rings is 2. The average molecular weight is 247 g/mol. The van der Waals surface area contributed by atoms with E-state index in [1.807, 2.05) is 18.2 Å². The number of halogens is 1. The summed E-state index contributed by atoms with van der Waals surface area (Å²) in [4.78, 5) is 11.8. The maximum atomic E-state index is 11.8. The molecule has 0 heterocycles. The molecule has 0 spiro atoms. The van der Waals surface area contributed by atoms with Gasteiger partial charge in [-0.05, 0) is 24.3 Å². The van der Waals surface area contributed by atoms with E-state index in [-0.39, 0.29) is 12.4 Å². The highest BCUT2D eigenvalue weighted by Crippen LogP contribution is 2.16. The van der Waals surface area contributed by atoms with E-state index in [0.29, 0.717) is 16.3 Å². The zero-order chi connectivity index (χ0) is 12.1. The van der Waals surface area contributed by atoms with Crippen molar-refractivity contribution < 1.29 is 9.53 Å². The first kappa shape index (κ1) is 11.7. The average Bonchev–Trinajstić information content (AvgIpc) is 2.38. The van der Waals surface area contributed by atoms with Crippen LogP contribution in [0.4, 0.5) is 0 Å². The van der Waals surface area contributed by atoms with Crippen LogP contribution in [-0.4, -0.2) is 12.4 Å². The number of hydrogen-bond donors (Lipinski definition) is 0. The first-order valence-electron chi connectivity index (χ1n) is 5.23. The SMILES string of the molecule is O=C(COc1ccccc1)c1ccccc1Cl. The van der Waals surface area contributed by atoms with Crippen molar-refractivity contribution in [2.45, 2.75) is 0 Å². The topological polar surface area (TPSA) is 26.3 Å². The van der Waals surface area contributed by atoms with E-state index in [2.05, 4.69) is 0 Å². The normalized spacial score (nSPS) is 9.94. The third-order valence-corrected chi connectivity index (χ3v) is 2.62. The van der Waals surface area contributed by atoms with Gasteiger partial charge in [0.25, 0.3) is 0 Å². The van der Waals surface area contributed by atoms with Gasteiger partial charge in [0.2, 0.25) is 5.78 Å². The number of ether oxygens (including phenoxy) is 1. The number of hydrogen-bond acceptors (Lipinski definition) is 2. The van der Waals surface area contributed by atoms with E-state index in [1.54, 1.807) is 36.4 Å². The highest BCUT2D eigenvalue weighted by molar-refractivity contribution is 6.34. The van der Waals surface area contributed by atoms with E-state index in [1.165, 1.54) is 0 Å². The Morgan fingerprint density at radius 2 is 1.65 bits per heavy atom. The van der Waals surface area contributed by atoms with Gasteiger partial charge in [0, 0.05) is 5.56 Å². The number of carbonyl (C=O) groups is 1. The quantitative estimate of drug-likeness (QED) is 0.771. The second-order valence-electron chi connectivity index (χ2n) is 3.50. The smallest absolute Gasteiger partial charge is 0.201 e. The molecule has 2 nitrogen and oxygen atoms in total. The summed E-state index contributed by atoms with van der Waals surface area (Å²) in [6.45, 7) is -0.00620. The number of Topliss-reactive ketones (excluding diaryl/α,β-unsaturated/α-hetero) is 1. The lowest BCUT2D eigenvalue weighted by Gasteiger charge is -2.06. The molecule has 0 saturated carbocycles. The van der Waals surface area contributed by atoms with Crippen molar-refractivity contribution in [3.63, 3.8) is 0 Å². The fourth-order valence-electron chi connectivity index (χ4n) is 1.43. The second-order valence-corrected chi connectivity index (χ2v) is 3.91. The summed E-state index contributed by atoms with van der Waals surface area (Å²) in [5.74, 6) is 0.548. The summed E-state index contributed by atoms with van der Waals surface area (Å²) >= 11 is 5.92. The fraction of sp³-hybridized carbons (Fsp3) is 0.0714. The van der Waals surface area contributed by atoms with E-state index in [9.17, 15) is 4.79 Å². The molecule has 0 N–H and O–H groups in total. The Hall–Kier alpha value is -1.80. The molecular formula is C14H11ClO2. The standard InChI is InChI=1S/C14H11ClO2/c15-13-9-5-4-8-12(13)14(16)10-17-11-6-2-1-3-7-11/h1-9H,10H2. The summed E-state index contributed by atoms with van der Waals surface area (Å²) in [5.41, 5.74) is 0.491. The maximum Gasteiger partial charge on any atom is 0.201 e. The molecule has 3 heteroatoms. The predicted molar refractivity (Wildman–Crippen MR) is 67.7 cm³/mol. The molecule has 0 atom stereocenters. The van der Waals surface area contributed by atoms with Gasteiger partial charge >= 0.3 is 0 Å². The van der Waals surface area contributed by atoms with Gasteiger partial charge in [-0.1, -0.05) is 41.9 Å². The summed E-state index contributed by atoms with van der Waals surface area (Å²) in [6, 6.07) is 16.2. The minimum Gasteiger partial charge on any atom is -0.485 e. The molecule has 0 aliphatic carbocycles. The fourth-order valence-corrected chi connectivity index (χ4v) is 1.67. The molecule has 17 heavy (non-hydrogen) atoms. The molecule has 0 aliphatic rings. The molecule has 0 fully saturated rings. The maximum absolute atomic E-state index is 11.8. The molecule has 0 radical (unpaired) electrons. The van der Waals surface area contributed by atoms with Crippen LogP contribution in [0.25, 0.3) is 0 Å². The third kappa shape index (κ3) is 3.08. The van der Waals surface area contributed by atoms with Gasteiger partial charge in [0.1, 0.15) is 5.75 Å². The molecule has 86 valence electrons. The van der Waals surface area contributed by atoms with E-state index in [0.717, 1.165) is 0 Å². The summed E-state index contributed by atoms with van der Waals surface area (Å²) in [5, 5.41) is 0.453. The number of rotatable bonds is 4. The molecule has 0 saturated heterocycles. The van der Waals surface area contributed by atoms with Crippen molar-refractivity contribution in [1.82, 2.24) is 0 Å². The van der Waals surface area contributed by atoms with Crippen LogP contribution in [-0.2, 0) is 0 Å². The summed E-state index contributed by atoms with van der Waals surface area (Å²) in [6.07, 6.45) is 0. The van der Waals surface area contributed by atoms with E-state index < -0.39 is 0 Å². The highest BCUT2D eigenvalue weighted by Gasteiger charge is 2.09. The molecule has 0 aliphatic heterocycles. The molecule has 0 aromatic heterocycles. The number of para-hydroxylation sites is 1. The van der Waals surface area contributed by atoms with Gasteiger partial charge in [-0.3, -0.25) is 4.79 Å². The Kier molecular flexibility index (Phi) is 3.78. The van der Waals surface area contributed by atoms with Crippen LogP contribution in [0.1, 0.15) is 10.4 Å². The van der Waals surface area contributed by atoms with Crippen molar-refractivity contribution >= 4 is 17.4 Å². The van der Waals surface area contributed by atoms with Crippen LogP contribution < -0.4 is 4.74 Å². The molecule has 0 bridgehead atoms. The Morgan fingerprint density at radius 3 is 2.35 bits per heavy atom. The minimum atomic E-state index is -0.126. The Labute approximate surface area is 105 Å². The Bertz CT molecular complexity index is 509. The summed E-state index contributed by atoms with van der Waals surface area (Å²) < 4.78 is 5.37. The highest BCUT2D eigenvalue weighted by atomic mass is 35.5. The van der Waals surface area contributed by atoms with Crippen LogP contribution in [0.15, 0.2) is 54.6 Å². The zero-order valence-electron chi connectivity index (χ0n) is 9.10. The van der Waals surface area contributed by atoms with Crippen LogP contribution in [0, 0.1) is 0 Å². The first-order chi connectivity index (χ1) is 8.27. The van der Waals surface area contributed by atoms with Gasteiger partial charge in [-0.2, -0.15) is 0 Å². The summed E-state index contributed by atoms with van der Waals surface area (Å²) in [7, 11) is 0. The molecule has 0 unspecified atom stereocenters. The lowest BCUT2D eigenvalue weighted by molar-refractivity contribution is 0.0921. The zero-order valence-corrected chi connectivity index (χ0v) is 9.85. The van der Waals surface area contributed by atoms with Crippen molar-refractivity contribution in [2.24, 2.45) is 0 Å². The Balaban J connectivity index is 2.01. The van der Waals surface area contributed by atoms with Crippen LogP contribution in [0.2, 0.25) is 5.02 Å². The van der Waals surface area contributed by atoms with Crippen molar-refractivity contribution in [3.05, 3.63) is 65.2 Å². The van der Waals surface area contributed by atoms with Crippen LogP contribution >= 0.6 is 11.6 Å². The third-order valence-electron chi connectivity index (χ3n) is 2.29. The van der Waals surface area contributed by atoms with Gasteiger partial charge in [-0.25, -0.2) is 0 Å². The second kappa shape index (κ2) is 5.51. The lowest BCUT2D eigenvalue weighted by atomic mass is 10.1. The number of ketones is 1. The largest absolute Gasteiger partial charge is 0.485 e. The predicted octanol–water partition coefficient (Wildman–Crippen LogP) is 3.60. The minimum absolute atomic E-state index is 0.00620. The molecule has 2 aromatic carbocycles. The van der Waals surface area contributed by atoms with Crippen molar-refractivity contribution in [3.8, 4) is 5.75 Å². The van der Waals surface area contributed by atoms with E-state index in [4.69, 9.17) is 16.3 Å². The number of carbonyl (C=O) groups excluding carboxylic acids is 1. The molecule has 2 aromatic rings. The van der Waals surface area contributed by atoms with Gasteiger partial charge in [0.15, 0.2) is 6.61 Å². The monoisotopic (exact) mass is 246 g/mol. The van der Waals surface area contributed by atoms with Crippen LogP contribution in [0.5, 0.6) is 5.75 Å².